The second kappa shape index (κ2) is 5.85. The van der Waals surface area contributed by atoms with Crippen LogP contribution in [0.5, 0.6) is 5.75 Å². The lowest BCUT2D eigenvalue weighted by Crippen LogP contribution is -2.35. The fraction of sp³-hybridized carbons (Fsp3) is 0.273. The molecule has 0 aromatic heterocycles. The molecular formula is C11H14FN3O3. The van der Waals surface area contributed by atoms with Crippen LogP contribution in [0.1, 0.15) is 23.7 Å². The van der Waals surface area contributed by atoms with Gasteiger partial charge in [0.1, 0.15) is 17.4 Å². The van der Waals surface area contributed by atoms with E-state index >= 15 is 0 Å². The van der Waals surface area contributed by atoms with E-state index in [-0.39, 0.29) is 17.8 Å². The van der Waals surface area contributed by atoms with Crippen molar-refractivity contribution in [1.29, 1.82) is 0 Å². The molecule has 1 unspecified atom stereocenters. The lowest BCUT2D eigenvalue weighted by molar-refractivity contribution is 0.0938. The first-order chi connectivity index (χ1) is 8.43. The Morgan fingerprint density at radius 2 is 2.28 bits per heavy atom. The van der Waals surface area contributed by atoms with Gasteiger partial charge in [-0.15, -0.1) is 0 Å². The highest BCUT2D eigenvalue weighted by Gasteiger charge is 2.15. The first kappa shape index (κ1) is 13.8. The van der Waals surface area contributed by atoms with Crippen LogP contribution < -0.4 is 11.1 Å². The Morgan fingerprint density at radius 1 is 1.61 bits per heavy atom. The molecule has 0 saturated heterocycles. The minimum Gasteiger partial charge on any atom is -0.507 e. The van der Waals surface area contributed by atoms with Gasteiger partial charge in [0.2, 0.25) is 0 Å². The van der Waals surface area contributed by atoms with E-state index in [2.05, 4.69) is 10.5 Å². The lowest BCUT2D eigenvalue weighted by Gasteiger charge is -2.13. The quantitative estimate of drug-likeness (QED) is 0.276. The number of amidine groups is 1. The fourth-order valence-electron chi connectivity index (χ4n) is 1.40. The highest BCUT2D eigenvalue weighted by molar-refractivity contribution is 5.97. The molecule has 1 atom stereocenters. The van der Waals surface area contributed by atoms with Crippen molar-refractivity contribution in [2.45, 2.75) is 19.4 Å². The van der Waals surface area contributed by atoms with Gasteiger partial charge in [0, 0.05) is 18.5 Å². The molecule has 5 N–H and O–H groups in total. The molecule has 6 nitrogen and oxygen atoms in total. The molecule has 0 bridgehead atoms. The van der Waals surface area contributed by atoms with Crippen molar-refractivity contribution in [1.82, 2.24) is 5.32 Å². The van der Waals surface area contributed by atoms with E-state index in [9.17, 15) is 14.3 Å². The number of nitrogens with zero attached hydrogens (tertiary/aromatic N) is 1. The summed E-state index contributed by atoms with van der Waals surface area (Å²) in [7, 11) is 0. The van der Waals surface area contributed by atoms with Crippen molar-refractivity contribution >= 4 is 11.7 Å². The number of carbonyl (C=O) groups excluding carboxylic acids is 1. The number of nitrogens with one attached hydrogen (secondary N) is 1. The summed E-state index contributed by atoms with van der Waals surface area (Å²) in [5.41, 5.74) is 5.25. The maximum absolute atomic E-state index is 12.7. The van der Waals surface area contributed by atoms with Crippen LogP contribution in [0.4, 0.5) is 4.39 Å². The number of nitrogens with two attached hydrogens (primary N) is 1. The van der Waals surface area contributed by atoms with E-state index in [0.717, 1.165) is 12.1 Å². The average Bonchev–Trinajstić information content (AvgIpc) is 2.28. The topological polar surface area (TPSA) is 108 Å². The highest BCUT2D eigenvalue weighted by atomic mass is 19.1. The Balaban J connectivity index is 2.71. The number of rotatable bonds is 4. The van der Waals surface area contributed by atoms with Gasteiger partial charge in [-0.05, 0) is 19.1 Å². The lowest BCUT2D eigenvalue weighted by atomic mass is 10.1. The van der Waals surface area contributed by atoms with Gasteiger partial charge in [-0.2, -0.15) is 0 Å². The largest absolute Gasteiger partial charge is 0.507 e. The Kier molecular flexibility index (Phi) is 4.47. The molecule has 0 aliphatic heterocycles. The number of amides is 1. The summed E-state index contributed by atoms with van der Waals surface area (Å²) in [6.07, 6.45) is 0.157. The predicted molar refractivity (Wildman–Crippen MR) is 63.0 cm³/mol. The molecule has 98 valence electrons. The van der Waals surface area contributed by atoms with Crippen molar-refractivity contribution < 1.29 is 19.5 Å². The van der Waals surface area contributed by atoms with Crippen LogP contribution in [-0.4, -0.2) is 28.1 Å². The number of phenolic OH excluding ortho intramolecular Hbond substituents is 1. The number of hydrogen-bond donors (Lipinski definition) is 4. The molecule has 0 radical (unpaired) electrons. The molecule has 7 heteroatoms. The third-order valence-corrected chi connectivity index (χ3v) is 2.23. The smallest absolute Gasteiger partial charge is 0.255 e. The number of carbonyl (C=O) groups is 1. The first-order valence-electron chi connectivity index (χ1n) is 5.19. The molecule has 1 amide bonds. The minimum absolute atomic E-state index is 0.0221. The van der Waals surface area contributed by atoms with Crippen LogP contribution in [0.15, 0.2) is 23.4 Å². The van der Waals surface area contributed by atoms with E-state index in [1.807, 2.05) is 0 Å². The zero-order valence-electron chi connectivity index (χ0n) is 9.72. The Bertz CT molecular complexity index is 477. The summed E-state index contributed by atoms with van der Waals surface area (Å²) in [4.78, 5) is 11.7. The van der Waals surface area contributed by atoms with Crippen molar-refractivity contribution in [2.24, 2.45) is 10.9 Å². The van der Waals surface area contributed by atoms with Crippen molar-refractivity contribution in [3.8, 4) is 5.75 Å². The molecule has 0 fully saturated rings. The van der Waals surface area contributed by atoms with E-state index in [0.29, 0.717) is 0 Å². The molecule has 1 aromatic carbocycles. The van der Waals surface area contributed by atoms with E-state index < -0.39 is 23.5 Å². The molecule has 1 aromatic rings. The van der Waals surface area contributed by atoms with Gasteiger partial charge in [-0.1, -0.05) is 5.16 Å². The van der Waals surface area contributed by atoms with Crippen molar-refractivity contribution in [3.63, 3.8) is 0 Å². The SMILES string of the molecule is CC(C/C(N)=N/O)NC(=O)c1ccc(F)cc1O. The molecule has 0 aliphatic rings. The maximum atomic E-state index is 12.7. The van der Waals surface area contributed by atoms with Crippen molar-refractivity contribution in [2.75, 3.05) is 0 Å². The Hall–Kier alpha value is -2.31. The summed E-state index contributed by atoms with van der Waals surface area (Å²) >= 11 is 0. The maximum Gasteiger partial charge on any atom is 0.255 e. The average molecular weight is 255 g/mol. The number of halogens is 1. The van der Waals surface area contributed by atoms with E-state index in [4.69, 9.17) is 10.9 Å². The normalized spacial score (nSPS) is 13.1. The summed E-state index contributed by atoms with van der Waals surface area (Å²) in [6.45, 7) is 1.65. The van der Waals surface area contributed by atoms with Gasteiger partial charge < -0.3 is 21.4 Å². The van der Waals surface area contributed by atoms with Crippen LogP contribution in [0.25, 0.3) is 0 Å². The van der Waals surface area contributed by atoms with E-state index in [1.54, 1.807) is 6.92 Å². The number of phenols is 1. The summed E-state index contributed by atoms with van der Waals surface area (Å²) in [6, 6.07) is 2.71. The molecule has 1 rings (SSSR count). The number of oxime groups is 1. The van der Waals surface area contributed by atoms with E-state index in [1.165, 1.54) is 6.07 Å². The van der Waals surface area contributed by atoms with Crippen LogP contribution in [-0.2, 0) is 0 Å². The van der Waals surface area contributed by atoms with Gasteiger partial charge >= 0.3 is 0 Å². The van der Waals surface area contributed by atoms with Gasteiger partial charge in [-0.3, -0.25) is 4.79 Å². The summed E-state index contributed by atoms with van der Waals surface area (Å²) in [5.74, 6) is -1.66. The third kappa shape index (κ3) is 3.62. The van der Waals surface area contributed by atoms with Crippen LogP contribution >= 0.6 is 0 Å². The molecule has 0 aliphatic carbocycles. The third-order valence-electron chi connectivity index (χ3n) is 2.23. The standard InChI is InChI=1S/C11H14FN3O3/c1-6(4-10(13)15-18)14-11(17)8-3-2-7(12)5-9(8)16/h2-3,5-6,16,18H,4H2,1H3,(H2,13,15)(H,14,17). The predicted octanol–water partition coefficient (Wildman–Crippen LogP) is 0.786. The number of benzene rings is 1. The van der Waals surface area contributed by atoms with Crippen LogP contribution in [0.3, 0.4) is 0 Å². The molecule has 0 spiro atoms. The molecule has 0 heterocycles. The highest BCUT2D eigenvalue weighted by Crippen LogP contribution is 2.17. The summed E-state index contributed by atoms with van der Waals surface area (Å²) in [5, 5.41) is 23.1. The van der Waals surface area contributed by atoms with Gasteiger partial charge in [0.05, 0.1) is 5.56 Å². The number of aromatic hydroxyl groups is 1. The first-order valence-corrected chi connectivity index (χ1v) is 5.19. The van der Waals surface area contributed by atoms with Crippen LogP contribution in [0.2, 0.25) is 0 Å². The monoisotopic (exact) mass is 255 g/mol. The van der Waals surface area contributed by atoms with Gasteiger partial charge in [0.25, 0.3) is 5.91 Å². The fourth-order valence-corrected chi connectivity index (χ4v) is 1.40. The number of hydrogen-bond acceptors (Lipinski definition) is 4. The Morgan fingerprint density at radius 3 is 2.83 bits per heavy atom. The van der Waals surface area contributed by atoms with Gasteiger partial charge in [0.15, 0.2) is 0 Å². The minimum atomic E-state index is -0.631. The van der Waals surface area contributed by atoms with Crippen LogP contribution in [0, 0.1) is 5.82 Å². The zero-order chi connectivity index (χ0) is 13.7. The second-order valence-corrected chi connectivity index (χ2v) is 3.83. The molecule has 0 saturated carbocycles. The molecule has 18 heavy (non-hydrogen) atoms. The Labute approximate surface area is 103 Å². The van der Waals surface area contributed by atoms with Crippen molar-refractivity contribution in [3.05, 3.63) is 29.6 Å². The zero-order valence-corrected chi connectivity index (χ0v) is 9.72. The second-order valence-electron chi connectivity index (χ2n) is 3.83. The molecular weight excluding hydrogens is 241 g/mol. The summed E-state index contributed by atoms with van der Waals surface area (Å²) < 4.78 is 12.7. The van der Waals surface area contributed by atoms with Gasteiger partial charge in [-0.25, -0.2) is 4.39 Å².